The first-order valence-electron chi connectivity index (χ1n) is 13.1. The molecule has 0 aliphatic heterocycles. The Hall–Kier alpha value is -4.88. The second-order valence-corrected chi connectivity index (χ2v) is 11.5. The molecule has 0 atom stereocenters. The number of pyridine rings is 2. The van der Waals surface area contributed by atoms with Gasteiger partial charge in [-0.25, -0.2) is 8.78 Å². The highest BCUT2D eigenvalue weighted by Crippen LogP contribution is 2.40. The van der Waals surface area contributed by atoms with Gasteiger partial charge in [0.05, 0.1) is 27.5 Å². The molecule has 8 aromatic rings. The number of benzene rings is 5. The predicted octanol–water partition coefficient (Wildman–Crippen LogP) is 8.01. The topological polar surface area (TPSA) is 44.0 Å². The van der Waals surface area contributed by atoms with Crippen LogP contribution >= 0.6 is 11.3 Å². The molecule has 0 saturated carbocycles. The summed E-state index contributed by atoms with van der Waals surface area (Å²) < 4.78 is 34.6. The molecular formula is C34H20F2N2O2S. The van der Waals surface area contributed by atoms with Gasteiger partial charge < -0.3 is 9.13 Å². The van der Waals surface area contributed by atoms with Gasteiger partial charge in [0.2, 0.25) is 0 Å². The number of halogens is 2. The third-order valence-corrected chi connectivity index (χ3v) is 9.49. The molecule has 8 rings (SSSR count). The van der Waals surface area contributed by atoms with Crippen molar-refractivity contribution in [1.29, 1.82) is 0 Å². The van der Waals surface area contributed by atoms with Crippen LogP contribution in [-0.2, 0) is 14.1 Å². The minimum atomic E-state index is -0.906. The summed E-state index contributed by atoms with van der Waals surface area (Å²) in [6, 6.07) is 25.6. The van der Waals surface area contributed by atoms with E-state index in [0.29, 0.717) is 21.8 Å². The van der Waals surface area contributed by atoms with Crippen LogP contribution in [-0.4, -0.2) is 9.13 Å². The van der Waals surface area contributed by atoms with E-state index in [2.05, 4.69) is 24.3 Å². The number of nitrogens with zero attached hydrogens (tertiary/aromatic N) is 2. The van der Waals surface area contributed by atoms with E-state index in [4.69, 9.17) is 0 Å². The number of aryl methyl sites for hydroxylation is 2. The Morgan fingerprint density at radius 2 is 1.29 bits per heavy atom. The highest BCUT2D eigenvalue weighted by Gasteiger charge is 2.18. The second-order valence-electron chi connectivity index (χ2n) is 10.5. The molecule has 0 fully saturated rings. The molecule has 0 saturated heterocycles. The lowest BCUT2D eigenvalue weighted by Crippen LogP contribution is -2.14. The lowest BCUT2D eigenvalue weighted by atomic mass is 9.99. The number of hydrogen-bond acceptors (Lipinski definition) is 3. The zero-order valence-electron chi connectivity index (χ0n) is 22.0. The van der Waals surface area contributed by atoms with E-state index >= 15 is 0 Å². The summed E-state index contributed by atoms with van der Waals surface area (Å²) in [5.41, 5.74) is 3.15. The van der Waals surface area contributed by atoms with Gasteiger partial charge in [-0.05, 0) is 47.5 Å². The first-order valence-corrected chi connectivity index (χ1v) is 13.9. The minimum absolute atomic E-state index is 0.135. The van der Waals surface area contributed by atoms with Crippen molar-refractivity contribution in [2.24, 2.45) is 14.1 Å². The number of aromatic nitrogens is 2. The van der Waals surface area contributed by atoms with Crippen LogP contribution in [0.4, 0.5) is 8.78 Å². The van der Waals surface area contributed by atoms with Crippen molar-refractivity contribution in [3.8, 4) is 11.1 Å². The van der Waals surface area contributed by atoms with Gasteiger partial charge in [-0.1, -0.05) is 42.5 Å². The molecule has 4 nitrogen and oxygen atoms in total. The predicted molar refractivity (Wildman–Crippen MR) is 165 cm³/mol. The van der Waals surface area contributed by atoms with E-state index < -0.39 is 17.1 Å². The van der Waals surface area contributed by atoms with Gasteiger partial charge in [-0.3, -0.25) is 9.59 Å². The number of hydrogen-bond donors (Lipinski definition) is 0. The maximum Gasteiger partial charge on any atom is 0.200 e. The molecule has 0 aliphatic rings. The zero-order valence-corrected chi connectivity index (χ0v) is 22.8. The molecule has 7 heteroatoms. The van der Waals surface area contributed by atoms with Crippen LogP contribution in [0.25, 0.3) is 74.9 Å². The molecule has 0 amide bonds. The molecular weight excluding hydrogens is 538 g/mol. The molecule has 41 heavy (non-hydrogen) atoms. The van der Waals surface area contributed by atoms with Crippen LogP contribution in [0.3, 0.4) is 0 Å². The van der Waals surface area contributed by atoms with Crippen molar-refractivity contribution in [1.82, 2.24) is 9.13 Å². The minimum Gasteiger partial charge on any atom is -0.343 e. The average molecular weight is 559 g/mol. The number of fused-ring (bicyclic) bond motifs is 7. The van der Waals surface area contributed by atoms with Crippen molar-refractivity contribution in [3.05, 3.63) is 117 Å². The van der Waals surface area contributed by atoms with Crippen LogP contribution in [0, 0.1) is 11.6 Å². The van der Waals surface area contributed by atoms with Crippen molar-refractivity contribution in [2.75, 3.05) is 0 Å². The van der Waals surface area contributed by atoms with E-state index in [1.165, 1.54) is 15.5 Å². The Bertz CT molecular complexity index is 2580. The van der Waals surface area contributed by atoms with Gasteiger partial charge in [-0.15, -0.1) is 11.3 Å². The standard InChI is InChI=1S/C34H20F2N2O2S/c1-37-26-11-10-17(19-7-5-8-21-20-6-3-4-9-30(20)41-34(19)21)12-22(26)32(39)23-15-28-24(16-27(23)37)33(40)31-25(36)13-18(35)14-29(31)38(28)2/h3-16H,1-2H3. The molecule has 0 N–H and O–H groups in total. The molecule has 0 aliphatic carbocycles. The van der Waals surface area contributed by atoms with Gasteiger partial charge in [0.25, 0.3) is 0 Å². The zero-order chi connectivity index (χ0) is 28.2. The van der Waals surface area contributed by atoms with Crippen LogP contribution in [0.1, 0.15) is 0 Å². The van der Waals surface area contributed by atoms with Gasteiger partial charge in [-0.2, -0.15) is 0 Å². The maximum atomic E-state index is 14.7. The molecule has 3 aromatic heterocycles. The summed E-state index contributed by atoms with van der Waals surface area (Å²) in [6.45, 7) is 0. The summed E-state index contributed by atoms with van der Waals surface area (Å²) in [6.07, 6.45) is 0. The molecule has 0 unspecified atom stereocenters. The van der Waals surface area contributed by atoms with Crippen molar-refractivity contribution in [3.63, 3.8) is 0 Å². The SMILES string of the molecule is Cn1c2ccc(-c3cccc4c3sc3ccccc34)cc2c(=O)c2cc3c(cc21)c(=O)c1c(F)cc(F)cc1n3C. The van der Waals surface area contributed by atoms with E-state index in [-0.39, 0.29) is 21.7 Å². The van der Waals surface area contributed by atoms with E-state index in [1.54, 1.807) is 35.1 Å². The van der Waals surface area contributed by atoms with E-state index in [0.717, 1.165) is 33.5 Å². The fourth-order valence-corrected chi connectivity index (χ4v) is 7.47. The maximum absolute atomic E-state index is 14.7. The number of rotatable bonds is 1. The largest absolute Gasteiger partial charge is 0.343 e. The van der Waals surface area contributed by atoms with Crippen molar-refractivity contribution < 1.29 is 8.78 Å². The summed E-state index contributed by atoms with van der Waals surface area (Å²) >= 11 is 1.74. The van der Waals surface area contributed by atoms with Gasteiger partial charge >= 0.3 is 0 Å². The number of thiophene rings is 1. The third kappa shape index (κ3) is 3.24. The molecule has 5 aromatic carbocycles. The normalized spacial score (nSPS) is 12.1. The smallest absolute Gasteiger partial charge is 0.200 e. The summed E-state index contributed by atoms with van der Waals surface area (Å²) in [5.74, 6) is -1.68. The lowest BCUT2D eigenvalue weighted by Gasteiger charge is -2.15. The second kappa shape index (κ2) is 8.32. The summed E-state index contributed by atoms with van der Waals surface area (Å²) in [7, 11) is 3.49. The van der Waals surface area contributed by atoms with Crippen molar-refractivity contribution in [2.45, 2.75) is 0 Å². The average Bonchev–Trinajstić information content (AvgIpc) is 3.36. The van der Waals surface area contributed by atoms with Crippen LogP contribution in [0.15, 0.2) is 94.5 Å². The van der Waals surface area contributed by atoms with Crippen LogP contribution < -0.4 is 10.9 Å². The van der Waals surface area contributed by atoms with Gasteiger partial charge in [0.1, 0.15) is 11.6 Å². The van der Waals surface area contributed by atoms with E-state index in [1.807, 2.05) is 48.0 Å². The Labute approximate surface area is 234 Å². The third-order valence-electron chi connectivity index (χ3n) is 8.27. The first-order chi connectivity index (χ1) is 19.8. The fraction of sp³-hybridized carbons (Fsp3) is 0.0588. The van der Waals surface area contributed by atoms with E-state index in [9.17, 15) is 18.4 Å². The summed E-state index contributed by atoms with van der Waals surface area (Å²) in [5, 5.41) is 3.46. The van der Waals surface area contributed by atoms with Crippen LogP contribution in [0.2, 0.25) is 0 Å². The molecule has 0 radical (unpaired) electrons. The molecule has 0 bridgehead atoms. The highest BCUT2D eigenvalue weighted by atomic mass is 32.1. The first kappa shape index (κ1) is 24.0. The lowest BCUT2D eigenvalue weighted by molar-refractivity contribution is 0.590. The molecule has 0 spiro atoms. The van der Waals surface area contributed by atoms with Gasteiger partial charge in [0, 0.05) is 56.5 Å². The molecule has 3 heterocycles. The monoisotopic (exact) mass is 558 g/mol. The molecule has 198 valence electrons. The Morgan fingerprint density at radius 3 is 2.10 bits per heavy atom. The highest BCUT2D eigenvalue weighted by molar-refractivity contribution is 7.26. The Morgan fingerprint density at radius 1 is 0.610 bits per heavy atom. The quantitative estimate of drug-likeness (QED) is 0.192. The van der Waals surface area contributed by atoms with Crippen LogP contribution in [0.5, 0.6) is 0 Å². The fourth-order valence-electron chi connectivity index (χ4n) is 6.24. The summed E-state index contributed by atoms with van der Waals surface area (Å²) in [4.78, 5) is 27.4. The Kier molecular flexibility index (Phi) is 4.86. The van der Waals surface area contributed by atoms with Crippen molar-refractivity contribution >= 4 is 75.1 Å². The Balaban J connectivity index is 1.44. The van der Waals surface area contributed by atoms with Gasteiger partial charge in [0.15, 0.2) is 10.9 Å².